The van der Waals surface area contributed by atoms with Gasteiger partial charge in [-0.3, -0.25) is 18.8 Å². The lowest BCUT2D eigenvalue weighted by molar-refractivity contribution is -0.114. The zero-order chi connectivity index (χ0) is 18.7. The molecule has 1 N–H and O–H groups in total. The van der Waals surface area contributed by atoms with Gasteiger partial charge in [-0.15, -0.1) is 0 Å². The van der Waals surface area contributed by atoms with Gasteiger partial charge in [0.15, 0.2) is 0 Å². The van der Waals surface area contributed by atoms with Gasteiger partial charge in [0.05, 0.1) is 11.9 Å². The number of hydrogen-bond donors (Lipinski definition) is 1. The Morgan fingerprint density at radius 2 is 2.00 bits per heavy atom. The maximum atomic E-state index is 12.5. The standard InChI is InChI=1S/C18H17FN4O3/c1-12(24)21-17-7-18(25)23(10-16(17)13-8-20-22(2)9-13)14-3-5-15(6-4-14)26-11-19/h3-10H,11H2,1-2H3,(H,21,24). The topological polar surface area (TPSA) is 78.2 Å². The van der Waals surface area contributed by atoms with Crippen LogP contribution in [0.1, 0.15) is 6.92 Å². The number of pyridine rings is 1. The van der Waals surface area contributed by atoms with Crippen molar-refractivity contribution in [1.29, 1.82) is 0 Å². The van der Waals surface area contributed by atoms with Gasteiger partial charge in [-0.1, -0.05) is 0 Å². The van der Waals surface area contributed by atoms with Crippen LogP contribution in [0.3, 0.4) is 0 Å². The smallest absolute Gasteiger partial charge is 0.257 e. The molecule has 0 bridgehead atoms. The van der Waals surface area contributed by atoms with Crippen molar-refractivity contribution in [3.8, 4) is 22.6 Å². The molecule has 0 unspecified atom stereocenters. The van der Waals surface area contributed by atoms with Gasteiger partial charge in [-0.25, -0.2) is 4.39 Å². The highest BCUT2D eigenvalue weighted by Gasteiger charge is 2.13. The minimum Gasteiger partial charge on any atom is -0.463 e. The number of carbonyl (C=O) groups is 1. The summed E-state index contributed by atoms with van der Waals surface area (Å²) in [4.78, 5) is 24.0. The number of ether oxygens (including phenoxy) is 1. The van der Waals surface area contributed by atoms with Crippen LogP contribution in [0, 0.1) is 0 Å². The van der Waals surface area contributed by atoms with Gasteiger partial charge in [0.25, 0.3) is 5.56 Å². The van der Waals surface area contributed by atoms with E-state index in [-0.39, 0.29) is 11.5 Å². The van der Waals surface area contributed by atoms with Crippen molar-refractivity contribution >= 4 is 11.6 Å². The number of anilines is 1. The van der Waals surface area contributed by atoms with E-state index in [1.54, 1.807) is 54.6 Å². The van der Waals surface area contributed by atoms with Crippen LogP contribution in [0.4, 0.5) is 10.1 Å². The first kappa shape index (κ1) is 17.4. The number of hydrogen-bond acceptors (Lipinski definition) is 4. The summed E-state index contributed by atoms with van der Waals surface area (Å²) < 4.78 is 20.1. The predicted octanol–water partition coefficient (Wildman–Crippen LogP) is 2.50. The normalized spacial score (nSPS) is 10.6. The van der Waals surface area contributed by atoms with Crippen molar-refractivity contribution < 1.29 is 13.9 Å². The second-order valence-electron chi connectivity index (χ2n) is 5.64. The first-order chi connectivity index (χ1) is 12.5. The third-order valence-electron chi connectivity index (χ3n) is 3.72. The molecule has 2 heterocycles. The van der Waals surface area contributed by atoms with Crippen LogP contribution in [0.25, 0.3) is 16.8 Å². The molecule has 7 nitrogen and oxygen atoms in total. The van der Waals surface area contributed by atoms with E-state index in [1.807, 2.05) is 0 Å². The summed E-state index contributed by atoms with van der Waals surface area (Å²) in [5, 5.41) is 6.81. The third kappa shape index (κ3) is 3.64. The molecule has 0 aliphatic rings. The Labute approximate surface area is 148 Å². The zero-order valence-corrected chi connectivity index (χ0v) is 14.3. The molecule has 3 aromatic rings. The molecule has 3 rings (SSSR count). The highest BCUT2D eigenvalue weighted by molar-refractivity contribution is 5.93. The van der Waals surface area contributed by atoms with Gasteiger partial charge in [0, 0.05) is 49.2 Å². The van der Waals surface area contributed by atoms with E-state index in [2.05, 4.69) is 10.4 Å². The van der Waals surface area contributed by atoms with Crippen LogP contribution in [0.5, 0.6) is 5.75 Å². The molecule has 2 aromatic heterocycles. The molecular weight excluding hydrogens is 339 g/mol. The molecule has 0 saturated heterocycles. The highest BCUT2D eigenvalue weighted by atomic mass is 19.1. The summed E-state index contributed by atoms with van der Waals surface area (Å²) in [6.45, 7) is 0.456. The first-order valence-electron chi connectivity index (χ1n) is 7.80. The van der Waals surface area contributed by atoms with E-state index < -0.39 is 6.86 Å². The van der Waals surface area contributed by atoms with Gasteiger partial charge in [-0.05, 0) is 24.3 Å². The highest BCUT2D eigenvalue weighted by Crippen LogP contribution is 2.27. The number of rotatable bonds is 5. The molecular formula is C18H17FN4O3. The van der Waals surface area contributed by atoms with Crippen molar-refractivity contribution in [3.05, 3.63) is 59.3 Å². The average Bonchev–Trinajstić information content (AvgIpc) is 3.02. The zero-order valence-electron chi connectivity index (χ0n) is 14.3. The number of aromatic nitrogens is 3. The Morgan fingerprint density at radius 1 is 1.27 bits per heavy atom. The molecule has 0 aliphatic carbocycles. The molecule has 0 fully saturated rings. The fourth-order valence-corrected chi connectivity index (χ4v) is 2.58. The predicted molar refractivity (Wildman–Crippen MR) is 95.1 cm³/mol. The average molecular weight is 356 g/mol. The molecule has 8 heteroatoms. The Bertz CT molecular complexity index is 992. The Kier molecular flexibility index (Phi) is 4.83. The summed E-state index contributed by atoms with van der Waals surface area (Å²) >= 11 is 0. The van der Waals surface area contributed by atoms with Crippen molar-refractivity contribution in [2.75, 3.05) is 12.2 Å². The second kappa shape index (κ2) is 7.22. The maximum Gasteiger partial charge on any atom is 0.257 e. The summed E-state index contributed by atoms with van der Waals surface area (Å²) in [6.07, 6.45) is 5.07. The van der Waals surface area contributed by atoms with Crippen LogP contribution < -0.4 is 15.6 Å². The molecule has 0 radical (unpaired) electrons. The van der Waals surface area contributed by atoms with Crippen molar-refractivity contribution in [2.45, 2.75) is 6.92 Å². The van der Waals surface area contributed by atoms with Crippen LogP contribution >= 0.6 is 0 Å². The number of nitrogens with one attached hydrogen (secondary N) is 1. The Balaban J connectivity index is 2.11. The largest absolute Gasteiger partial charge is 0.463 e. The number of amides is 1. The van der Waals surface area contributed by atoms with Gasteiger partial charge in [-0.2, -0.15) is 5.10 Å². The summed E-state index contributed by atoms with van der Waals surface area (Å²) in [5.74, 6) is 0.0895. The number of nitrogens with zero attached hydrogens (tertiary/aromatic N) is 3. The fraction of sp³-hybridized carbons (Fsp3) is 0.167. The van der Waals surface area contributed by atoms with E-state index in [9.17, 15) is 14.0 Å². The number of alkyl halides is 1. The lowest BCUT2D eigenvalue weighted by Gasteiger charge is -2.13. The van der Waals surface area contributed by atoms with Crippen LogP contribution in [0.2, 0.25) is 0 Å². The Morgan fingerprint density at radius 3 is 2.58 bits per heavy atom. The molecule has 26 heavy (non-hydrogen) atoms. The van der Waals surface area contributed by atoms with Crippen molar-refractivity contribution in [1.82, 2.24) is 14.3 Å². The van der Waals surface area contributed by atoms with E-state index in [1.165, 1.54) is 17.6 Å². The summed E-state index contributed by atoms with van der Waals surface area (Å²) in [5.41, 5.74) is 2.07. The number of halogens is 1. The van der Waals surface area contributed by atoms with Crippen molar-refractivity contribution in [2.24, 2.45) is 7.05 Å². The maximum absolute atomic E-state index is 12.5. The van der Waals surface area contributed by atoms with Crippen LogP contribution in [-0.2, 0) is 11.8 Å². The van der Waals surface area contributed by atoms with E-state index in [0.29, 0.717) is 22.7 Å². The second-order valence-corrected chi connectivity index (χ2v) is 5.64. The van der Waals surface area contributed by atoms with Crippen LogP contribution in [-0.4, -0.2) is 27.1 Å². The van der Waals surface area contributed by atoms with E-state index in [0.717, 1.165) is 5.56 Å². The summed E-state index contributed by atoms with van der Waals surface area (Å²) in [7, 11) is 1.78. The molecule has 134 valence electrons. The Hall–Kier alpha value is -3.42. The summed E-state index contributed by atoms with van der Waals surface area (Å²) in [6, 6.07) is 7.81. The van der Waals surface area contributed by atoms with Gasteiger partial charge >= 0.3 is 0 Å². The van der Waals surface area contributed by atoms with Gasteiger partial charge in [0.2, 0.25) is 12.8 Å². The molecule has 0 saturated carbocycles. The first-order valence-corrected chi connectivity index (χ1v) is 7.80. The molecule has 0 aliphatic heterocycles. The van der Waals surface area contributed by atoms with E-state index in [4.69, 9.17) is 4.74 Å². The van der Waals surface area contributed by atoms with Gasteiger partial charge < -0.3 is 10.1 Å². The fourth-order valence-electron chi connectivity index (χ4n) is 2.58. The molecule has 1 amide bonds. The number of benzene rings is 1. The van der Waals surface area contributed by atoms with Crippen molar-refractivity contribution in [3.63, 3.8) is 0 Å². The monoisotopic (exact) mass is 356 g/mol. The molecule has 0 spiro atoms. The number of carbonyl (C=O) groups excluding carboxylic acids is 1. The van der Waals surface area contributed by atoms with Gasteiger partial charge in [0.1, 0.15) is 5.75 Å². The molecule has 1 aromatic carbocycles. The SMILES string of the molecule is CC(=O)Nc1cc(=O)n(-c2ccc(OCF)cc2)cc1-c1cnn(C)c1. The quantitative estimate of drug-likeness (QED) is 0.762. The lowest BCUT2D eigenvalue weighted by Crippen LogP contribution is -2.19. The minimum absolute atomic E-state index is 0.278. The molecule has 0 atom stereocenters. The number of aryl methyl sites for hydroxylation is 1. The van der Waals surface area contributed by atoms with E-state index >= 15 is 0 Å². The lowest BCUT2D eigenvalue weighted by atomic mass is 10.1. The van der Waals surface area contributed by atoms with Crippen LogP contribution in [0.15, 0.2) is 53.7 Å². The minimum atomic E-state index is -0.921. The third-order valence-corrected chi connectivity index (χ3v) is 3.72.